The van der Waals surface area contributed by atoms with Gasteiger partial charge in [0.2, 0.25) is 0 Å². The van der Waals surface area contributed by atoms with Crippen LogP contribution in [0, 0.1) is 5.92 Å². The van der Waals surface area contributed by atoms with Crippen LogP contribution in [0.5, 0.6) is 5.75 Å². The van der Waals surface area contributed by atoms with Crippen molar-refractivity contribution in [1.82, 2.24) is 5.32 Å². The van der Waals surface area contributed by atoms with Gasteiger partial charge in [0.1, 0.15) is 5.75 Å². The predicted octanol–water partition coefficient (Wildman–Crippen LogP) is 2.72. The van der Waals surface area contributed by atoms with Crippen LogP contribution < -0.4 is 10.1 Å². The van der Waals surface area contributed by atoms with Crippen LogP contribution in [-0.4, -0.2) is 29.1 Å². The number of carboxylic acids is 1. The molecule has 1 atom stereocenters. The van der Waals surface area contributed by atoms with Crippen molar-refractivity contribution in [2.75, 3.05) is 6.61 Å². The lowest BCUT2D eigenvalue weighted by molar-refractivity contribution is -0.139. The van der Waals surface area contributed by atoms with E-state index in [1.807, 2.05) is 13.8 Å². The molecular formula is C15H20ClNO4. The number of halogens is 1. The minimum atomic E-state index is -0.956. The second-order valence-corrected chi connectivity index (χ2v) is 5.87. The normalized spacial score (nSPS) is 13.6. The van der Waals surface area contributed by atoms with Crippen LogP contribution in [0.2, 0.25) is 5.02 Å². The average Bonchev–Trinajstić information content (AvgIpc) is 2.35. The molecule has 0 saturated carbocycles. The van der Waals surface area contributed by atoms with Gasteiger partial charge in [0.25, 0.3) is 5.91 Å². The molecule has 1 aromatic rings. The number of nitrogens with one attached hydrogen (secondary N) is 1. The molecule has 21 heavy (non-hydrogen) atoms. The van der Waals surface area contributed by atoms with Crippen LogP contribution in [0.25, 0.3) is 0 Å². The van der Waals surface area contributed by atoms with E-state index in [2.05, 4.69) is 5.32 Å². The number of hydrogen-bond acceptors (Lipinski definition) is 3. The second kappa shape index (κ2) is 7.31. The number of carboxylic acid groups (broad SMARTS) is 1. The summed E-state index contributed by atoms with van der Waals surface area (Å²) in [5.74, 6) is -0.861. The van der Waals surface area contributed by atoms with Crippen molar-refractivity contribution in [1.29, 1.82) is 0 Å². The molecule has 0 fully saturated rings. The summed E-state index contributed by atoms with van der Waals surface area (Å²) in [7, 11) is 0. The van der Waals surface area contributed by atoms with Gasteiger partial charge in [0.15, 0.2) is 6.61 Å². The quantitative estimate of drug-likeness (QED) is 0.811. The van der Waals surface area contributed by atoms with E-state index in [4.69, 9.17) is 21.4 Å². The third-order valence-corrected chi connectivity index (χ3v) is 3.62. The summed E-state index contributed by atoms with van der Waals surface area (Å²) in [6.45, 7) is 5.24. The second-order valence-electron chi connectivity index (χ2n) is 5.44. The van der Waals surface area contributed by atoms with Crippen molar-refractivity contribution < 1.29 is 19.4 Å². The van der Waals surface area contributed by atoms with Crippen molar-refractivity contribution in [3.05, 3.63) is 29.3 Å². The van der Waals surface area contributed by atoms with Gasteiger partial charge in [-0.3, -0.25) is 9.59 Å². The number of carbonyl (C=O) groups is 2. The van der Waals surface area contributed by atoms with Gasteiger partial charge >= 0.3 is 5.97 Å². The van der Waals surface area contributed by atoms with Crippen LogP contribution in [0.15, 0.2) is 24.3 Å². The van der Waals surface area contributed by atoms with E-state index in [-0.39, 0.29) is 24.9 Å². The maximum Gasteiger partial charge on any atom is 0.305 e. The topological polar surface area (TPSA) is 75.6 Å². The summed E-state index contributed by atoms with van der Waals surface area (Å²) in [5, 5.41) is 12.2. The zero-order chi connectivity index (χ0) is 16.0. The third-order valence-electron chi connectivity index (χ3n) is 3.38. The Morgan fingerprint density at radius 2 is 2.10 bits per heavy atom. The highest BCUT2D eigenvalue weighted by atomic mass is 35.5. The summed E-state index contributed by atoms with van der Waals surface area (Å²) < 4.78 is 5.34. The number of rotatable bonds is 7. The summed E-state index contributed by atoms with van der Waals surface area (Å²) in [6.07, 6.45) is -0.145. The first-order valence-corrected chi connectivity index (χ1v) is 7.02. The highest BCUT2D eigenvalue weighted by Crippen LogP contribution is 2.21. The molecule has 1 amide bonds. The first-order chi connectivity index (χ1) is 9.73. The van der Waals surface area contributed by atoms with Crippen molar-refractivity contribution in [2.45, 2.75) is 32.7 Å². The third kappa shape index (κ3) is 5.63. The fraction of sp³-hybridized carbons (Fsp3) is 0.467. The monoisotopic (exact) mass is 313 g/mol. The summed E-state index contributed by atoms with van der Waals surface area (Å²) in [6, 6.07) is 6.72. The van der Waals surface area contributed by atoms with Gasteiger partial charge in [0.05, 0.1) is 12.0 Å². The van der Waals surface area contributed by atoms with E-state index >= 15 is 0 Å². The molecule has 0 bridgehead atoms. The number of aliphatic carboxylic acids is 1. The SMILES string of the molecule is CC(C)C(C)(CC(=O)O)NC(=O)COc1cccc(Cl)c1. The fourth-order valence-electron chi connectivity index (χ4n) is 1.77. The Bertz CT molecular complexity index is 518. The molecular weight excluding hydrogens is 294 g/mol. The van der Waals surface area contributed by atoms with Gasteiger partial charge in [-0.05, 0) is 31.0 Å². The van der Waals surface area contributed by atoms with Crippen LogP contribution in [0.4, 0.5) is 0 Å². The Morgan fingerprint density at radius 3 is 2.62 bits per heavy atom. The standard InChI is InChI=1S/C15H20ClNO4/c1-10(2)15(3,8-14(19)20)17-13(18)9-21-12-6-4-5-11(16)7-12/h4-7,10H,8-9H2,1-3H3,(H,17,18)(H,19,20). The zero-order valence-corrected chi connectivity index (χ0v) is 13.1. The maximum absolute atomic E-state index is 11.9. The van der Waals surface area contributed by atoms with E-state index in [1.165, 1.54) is 0 Å². The lowest BCUT2D eigenvalue weighted by Crippen LogP contribution is -2.52. The molecule has 116 valence electrons. The van der Waals surface area contributed by atoms with Gasteiger partial charge in [-0.2, -0.15) is 0 Å². The first kappa shape index (κ1) is 17.3. The smallest absolute Gasteiger partial charge is 0.305 e. The molecule has 1 rings (SSSR count). The number of hydrogen-bond donors (Lipinski definition) is 2. The predicted molar refractivity (Wildman–Crippen MR) is 80.6 cm³/mol. The van der Waals surface area contributed by atoms with E-state index in [0.29, 0.717) is 10.8 Å². The first-order valence-electron chi connectivity index (χ1n) is 6.64. The van der Waals surface area contributed by atoms with Gasteiger partial charge in [0, 0.05) is 5.02 Å². The molecule has 0 aliphatic rings. The zero-order valence-electron chi connectivity index (χ0n) is 12.4. The molecule has 5 nitrogen and oxygen atoms in total. The number of carbonyl (C=O) groups excluding carboxylic acids is 1. The average molecular weight is 314 g/mol. The molecule has 0 aliphatic heterocycles. The Balaban J connectivity index is 2.60. The Labute approximate surface area is 129 Å². The molecule has 1 aromatic carbocycles. The van der Waals surface area contributed by atoms with E-state index in [1.54, 1.807) is 31.2 Å². The Kier molecular flexibility index (Phi) is 6.03. The minimum Gasteiger partial charge on any atom is -0.484 e. The largest absolute Gasteiger partial charge is 0.484 e. The molecule has 1 unspecified atom stereocenters. The van der Waals surface area contributed by atoms with Crippen LogP contribution in [0.3, 0.4) is 0 Å². The highest BCUT2D eigenvalue weighted by Gasteiger charge is 2.32. The van der Waals surface area contributed by atoms with Gasteiger partial charge in [-0.25, -0.2) is 0 Å². The van der Waals surface area contributed by atoms with Crippen LogP contribution in [-0.2, 0) is 9.59 Å². The molecule has 0 saturated heterocycles. The van der Waals surface area contributed by atoms with Crippen molar-refractivity contribution >= 4 is 23.5 Å². The molecule has 2 N–H and O–H groups in total. The minimum absolute atomic E-state index is 0.0243. The van der Waals surface area contributed by atoms with Crippen molar-refractivity contribution in [3.8, 4) is 5.75 Å². The van der Waals surface area contributed by atoms with E-state index in [0.717, 1.165) is 0 Å². The van der Waals surface area contributed by atoms with Crippen molar-refractivity contribution in [2.24, 2.45) is 5.92 Å². The molecule has 0 radical (unpaired) electrons. The Morgan fingerprint density at radius 1 is 1.43 bits per heavy atom. The summed E-state index contributed by atoms with van der Waals surface area (Å²) in [4.78, 5) is 22.9. The van der Waals surface area contributed by atoms with Crippen LogP contribution in [0.1, 0.15) is 27.2 Å². The van der Waals surface area contributed by atoms with E-state index in [9.17, 15) is 9.59 Å². The highest BCUT2D eigenvalue weighted by molar-refractivity contribution is 6.30. The number of ether oxygens (including phenoxy) is 1. The molecule has 0 aliphatic carbocycles. The number of amides is 1. The maximum atomic E-state index is 11.9. The van der Waals surface area contributed by atoms with Crippen LogP contribution >= 0.6 is 11.6 Å². The number of benzene rings is 1. The molecule has 6 heteroatoms. The molecule has 0 spiro atoms. The summed E-state index contributed by atoms with van der Waals surface area (Å²) in [5.41, 5.74) is -0.819. The fourth-order valence-corrected chi connectivity index (χ4v) is 1.95. The van der Waals surface area contributed by atoms with Gasteiger partial charge in [-0.15, -0.1) is 0 Å². The lowest BCUT2D eigenvalue weighted by Gasteiger charge is -2.33. The lowest BCUT2D eigenvalue weighted by atomic mass is 9.85. The molecule has 0 heterocycles. The van der Waals surface area contributed by atoms with Crippen molar-refractivity contribution in [3.63, 3.8) is 0 Å². The van der Waals surface area contributed by atoms with Gasteiger partial charge in [-0.1, -0.05) is 31.5 Å². The summed E-state index contributed by atoms with van der Waals surface area (Å²) >= 11 is 5.82. The van der Waals surface area contributed by atoms with Gasteiger partial charge < -0.3 is 15.2 Å². The van der Waals surface area contributed by atoms with E-state index < -0.39 is 11.5 Å². The molecule has 0 aromatic heterocycles. The Hall–Kier alpha value is -1.75.